The van der Waals surface area contributed by atoms with Crippen molar-refractivity contribution in [2.45, 2.75) is 13.0 Å². The highest BCUT2D eigenvalue weighted by atomic mass is 35.5. The van der Waals surface area contributed by atoms with Gasteiger partial charge in [0.05, 0.1) is 27.6 Å². The van der Waals surface area contributed by atoms with E-state index < -0.39 is 4.92 Å². The summed E-state index contributed by atoms with van der Waals surface area (Å²) in [6.45, 7) is 1.88. The lowest BCUT2D eigenvalue weighted by molar-refractivity contribution is -0.385. The fourth-order valence-electron chi connectivity index (χ4n) is 1.80. The first-order valence-electron chi connectivity index (χ1n) is 6.08. The van der Waals surface area contributed by atoms with Crippen molar-refractivity contribution in [3.8, 4) is 6.07 Å². The van der Waals surface area contributed by atoms with Gasteiger partial charge in [-0.2, -0.15) is 5.26 Å². The van der Waals surface area contributed by atoms with Gasteiger partial charge in [-0.3, -0.25) is 10.1 Å². The summed E-state index contributed by atoms with van der Waals surface area (Å²) in [5, 5.41) is 22.8. The van der Waals surface area contributed by atoms with Crippen LogP contribution in [0.15, 0.2) is 36.5 Å². The van der Waals surface area contributed by atoms with Gasteiger partial charge in [0.25, 0.3) is 5.69 Å². The van der Waals surface area contributed by atoms with Crippen molar-refractivity contribution in [2.24, 2.45) is 0 Å². The van der Waals surface area contributed by atoms with Gasteiger partial charge in [-0.25, -0.2) is 4.98 Å². The van der Waals surface area contributed by atoms with Gasteiger partial charge in [0, 0.05) is 6.07 Å². The van der Waals surface area contributed by atoms with Crippen molar-refractivity contribution in [2.75, 3.05) is 5.32 Å². The van der Waals surface area contributed by atoms with Gasteiger partial charge in [-0.1, -0.05) is 23.7 Å². The van der Waals surface area contributed by atoms with Gasteiger partial charge in [0.1, 0.15) is 12.0 Å². The van der Waals surface area contributed by atoms with E-state index in [-0.39, 0.29) is 16.8 Å². The van der Waals surface area contributed by atoms with Crippen LogP contribution in [0.25, 0.3) is 0 Å². The molecule has 106 valence electrons. The summed E-state index contributed by atoms with van der Waals surface area (Å²) in [5.41, 5.74) is 1.29. The number of nitrogens with zero attached hydrogens (tertiary/aromatic N) is 3. The second-order valence-electron chi connectivity index (χ2n) is 4.38. The third-order valence-corrected chi connectivity index (χ3v) is 3.19. The Bertz CT molecular complexity index is 727. The highest BCUT2D eigenvalue weighted by Crippen LogP contribution is 2.27. The Morgan fingerprint density at radius 3 is 2.86 bits per heavy atom. The number of nitro groups is 1. The van der Waals surface area contributed by atoms with Crippen molar-refractivity contribution < 1.29 is 4.92 Å². The molecular formula is C14H11ClN4O2. The van der Waals surface area contributed by atoms with Gasteiger partial charge in [-0.05, 0) is 24.6 Å². The number of anilines is 1. The van der Waals surface area contributed by atoms with Crippen molar-refractivity contribution in [1.29, 1.82) is 5.26 Å². The summed E-state index contributed by atoms with van der Waals surface area (Å²) in [7, 11) is 0. The van der Waals surface area contributed by atoms with Crippen molar-refractivity contribution in [3.63, 3.8) is 0 Å². The largest absolute Gasteiger partial charge is 0.362 e. The number of aromatic nitrogens is 1. The van der Waals surface area contributed by atoms with E-state index in [1.54, 1.807) is 18.2 Å². The van der Waals surface area contributed by atoms with E-state index in [0.29, 0.717) is 11.4 Å². The maximum absolute atomic E-state index is 10.6. The Labute approximate surface area is 126 Å². The highest BCUT2D eigenvalue weighted by molar-refractivity contribution is 6.33. The van der Waals surface area contributed by atoms with Crippen LogP contribution >= 0.6 is 11.6 Å². The Morgan fingerprint density at radius 2 is 2.24 bits per heavy atom. The standard InChI is InChI=1S/C14H11ClN4O2/c1-9(11-4-2-3-10(5-11)7-16)18-14-13(15)6-12(8-17-14)19(20)21/h2-6,8-9H,1H3,(H,17,18). The molecule has 6 nitrogen and oxygen atoms in total. The lowest BCUT2D eigenvalue weighted by Gasteiger charge is -2.15. The van der Waals surface area contributed by atoms with E-state index in [9.17, 15) is 10.1 Å². The normalized spacial score (nSPS) is 11.5. The Hall–Kier alpha value is -2.65. The zero-order chi connectivity index (χ0) is 15.4. The molecule has 1 aromatic heterocycles. The van der Waals surface area contributed by atoms with Crippen molar-refractivity contribution >= 4 is 23.1 Å². The molecule has 0 spiro atoms. The second-order valence-corrected chi connectivity index (χ2v) is 4.79. The fourth-order valence-corrected chi connectivity index (χ4v) is 2.01. The molecule has 0 amide bonds. The number of halogens is 1. The molecule has 1 atom stereocenters. The molecular weight excluding hydrogens is 292 g/mol. The van der Waals surface area contributed by atoms with Crippen LogP contribution in [0.2, 0.25) is 5.02 Å². The van der Waals surface area contributed by atoms with Crippen LogP contribution < -0.4 is 5.32 Å². The molecule has 21 heavy (non-hydrogen) atoms. The van der Waals surface area contributed by atoms with Crippen molar-refractivity contribution in [1.82, 2.24) is 4.98 Å². The molecule has 0 bridgehead atoms. The molecule has 1 N–H and O–H groups in total. The number of hydrogen-bond acceptors (Lipinski definition) is 5. The predicted molar refractivity (Wildman–Crippen MR) is 79.1 cm³/mol. The van der Waals surface area contributed by atoms with E-state index in [4.69, 9.17) is 16.9 Å². The van der Waals surface area contributed by atoms with Gasteiger partial charge < -0.3 is 5.32 Å². The Kier molecular flexibility index (Phi) is 4.36. The van der Waals surface area contributed by atoms with Crippen LogP contribution in [-0.4, -0.2) is 9.91 Å². The zero-order valence-electron chi connectivity index (χ0n) is 11.1. The van der Waals surface area contributed by atoms with E-state index in [1.165, 1.54) is 6.07 Å². The molecule has 0 saturated carbocycles. The predicted octanol–water partition coefficient (Wildman–Crippen LogP) is 3.69. The summed E-state index contributed by atoms with van der Waals surface area (Å²) in [5.74, 6) is 0.358. The number of hydrogen-bond donors (Lipinski definition) is 1. The average Bonchev–Trinajstić information content (AvgIpc) is 2.49. The van der Waals surface area contributed by atoms with Gasteiger partial charge in [0.2, 0.25) is 0 Å². The summed E-state index contributed by atoms with van der Waals surface area (Å²) < 4.78 is 0. The van der Waals surface area contributed by atoms with Crippen molar-refractivity contribution in [3.05, 3.63) is 62.8 Å². The first-order chi connectivity index (χ1) is 10.0. The molecule has 1 heterocycles. The first-order valence-corrected chi connectivity index (χ1v) is 6.45. The van der Waals surface area contributed by atoms with Crippen LogP contribution in [0.3, 0.4) is 0 Å². The number of rotatable bonds is 4. The minimum Gasteiger partial charge on any atom is -0.362 e. The lowest BCUT2D eigenvalue weighted by Crippen LogP contribution is -2.08. The smallest absolute Gasteiger partial charge is 0.289 e. The SMILES string of the molecule is CC(Nc1ncc([N+](=O)[O-])cc1Cl)c1cccc(C#N)c1. The van der Waals surface area contributed by atoms with E-state index >= 15 is 0 Å². The maximum atomic E-state index is 10.6. The molecule has 2 rings (SSSR count). The minimum atomic E-state index is -0.553. The molecule has 7 heteroatoms. The molecule has 1 unspecified atom stereocenters. The Balaban J connectivity index is 2.21. The van der Waals surface area contributed by atoms with Gasteiger partial charge in [-0.15, -0.1) is 0 Å². The maximum Gasteiger partial charge on any atom is 0.289 e. The van der Waals surface area contributed by atoms with E-state index in [0.717, 1.165) is 11.8 Å². The summed E-state index contributed by atoms with van der Waals surface area (Å²) in [6, 6.07) is 10.3. The molecule has 0 fully saturated rings. The number of nitriles is 1. The second kappa shape index (κ2) is 6.20. The van der Waals surface area contributed by atoms with Gasteiger partial charge >= 0.3 is 0 Å². The Morgan fingerprint density at radius 1 is 1.48 bits per heavy atom. The number of benzene rings is 1. The quantitative estimate of drug-likeness (QED) is 0.687. The third-order valence-electron chi connectivity index (χ3n) is 2.91. The molecule has 1 aromatic carbocycles. The van der Waals surface area contributed by atoms with Crippen LogP contribution in [0.4, 0.5) is 11.5 Å². The number of pyridine rings is 1. The monoisotopic (exact) mass is 302 g/mol. The van der Waals surface area contributed by atoms with Crippen LogP contribution in [0.1, 0.15) is 24.1 Å². The third kappa shape index (κ3) is 3.46. The summed E-state index contributed by atoms with van der Waals surface area (Å²) >= 11 is 5.98. The molecule has 0 saturated heterocycles. The van der Waals surface area contributed by atoms with Gasteiger partial charge in [0.15, 0.2) is 0 Å². The summed E-state index contributed by atoms with van der Waals surface area (Å²) in [6.07, 6.45) is 1.15. The summed E-state index contributed by atoms with van der Waals surface area (Å²) in [4.78, 5) is 14.0. The first kappa shape index (κ1) is 14.8. The number of nitrogens with one attached hydrogen (secondary N) is 1. The molecule has 0 aliphatic rings. The molecule has 2 aromatic rings. The molecule has 0 aliphatic heterocycles. The van der Waals surface area contributed by atoms with Crippen LogP contribution in [0.5, 0.6) is 0 Å². The van der Waals surface area contributed by atoms with Crippen LogP contribution in [0, 0.1) is 21.4 Å². The molecule has 0 aliphatic carbocycles. The average molecular weight is 303 g/mol. The zero-order valence-corrected chi connectivity index (χ0v) is 11.8. The minimum absolute atomic E-state index is 0.148. The topological polar surface area (TPSA) is 91.8 Å². The van der Waals surface area contributed by atoms with Crippen LogP contribution in [-0.2, 0) is 0 Å². The fraction of sp³-hybridized carbons (Fsp3) is 0.143. The molecule has 0 radical (unpaired) electrons. The highest BCUT2D eigenvalue weighted by Gasteiger charge is 2.13. The lowest BCUT2D eigenvalue weighted by atomic mass is 10.1. The van der Waals surface area contributed by atoms with E-state index in [1.807, 2.05) is 13.0 Å². The van der Waals surface area contributed by atoms with E-state index in [2.05, 4.69) is 16.4 Å².